The second-order valence-electron chi connectivity index (χ2n) is 5.75. The summed E-state index contributed by atoms with van der Waals surface area (Å²) in [6.45, 7) is 3.02. The summed E-state index contributed by atoms with van der Waals surface area (Å²) in [7, 11) is -3.38. The molecule has 1 aliphatic heterocycles. The molecule has 0 spiro atoms. The van der Waals surface area contributed by atoms with E-state index in [2.05, 4.69) is 4.72 Å². The summed E-state index contributed by atoms with van der Waals surface area (Å²) in [6, 6.07) is 0.104. The number of hydrogen-bond acceptors (Lipinski definition) is 3. The predicted octanol–water partition coefficient (Wildman–Crippen LogP) is 0.967. The molecule has 106 valence electrons. The lowest BCUT2D eigenvalue weighted by molar-refractivity contribution is 0.257. The van der Waals surface area contributed by atoms with Crippen molar-refractivity contribution in [1.82, 2.24) is 9.03 Å². The van der Waals surface area contributed by atoms with E-state index in [1.807, 2.05) is 6.92 Å². The molecule has 0 amide bonds. The van der Waals surface area contributed by atoms with Crippen LogP contribution in [0.4, 0.5) is 0 Å². The third-order valence-corrected chi connectivity index (χ3v) is 6.20. The van der Waals surface area contributed by atoms with Crippen molar-refractivity contribution < 1.29 is 8.42 Å². The Kier molecular flexibility index (Phi) is 4.31. The van der Waals surface area contributed by atoms with Crippen molar-refractivity contribution in [3.8, 4) is 0 Å². The van der Waals surface area contributed by atoms with Crippen LogP contribution in [-0.4, -0.2) is 37.4 Å². The predicted molar refractivity (Wildman–Crippen MR) is 72.3 cm³/mol. The molecule has 18 heavy (non-hydrogen) atoms. The Morgan fingerprint density at radius 2 is 1.94 bits per heavy atom. The molecule has 1 saturated heterocycles. The topological polar surface area (TPSA) is 75.4 Å². The van der Waals surface area contributed by atoms with Gasteiger partial charge in [-0.05, 0) is 32.6 Å². The highest BCUT2D eigenvalue weighted by Gasteiger charge is 2.39. The Balaban J connectivity index is 2.10. The van der Waals surface area contributed by atoms with E-state index in [-0.39, 0.29) is 6.04 Å². The van der Waals surface area contributed by atoms with Gasteiger partial charge >= 0.3 is 0 Å². The van der Waals surface area contributed by atoms with E-state index in [1.54, 1.807) is 4.31 Å². The lowest BCUT2D eigenvalue weighted by Gasteiger charge is -2.36. The summed E-state index contributed by atoms with van der Waals surface area (Å²) in [4.78, 5) is 0. The van der Waals surface area contributed by atoms with Gasteiger partial charge in [0.15, 0.2) is 0 Å². The van der Waals surface area contributed by atoms with Crippen LogP contribution in [0.15, 0.2) is 0 Å². The van der Waals surface area contributed by atoms with Crippen molar-refractivity contribution in [2.24, 2.45) is 5.73 Å². The second-order valence-corrected chi connectivity index (χ2v) is 7.38. The van der Waals surface area contributed by atoms with E-state index in [0.717, 1.165) is 44.9 Å². The maximum Gasteiger partial charge on any atom is 0.280 e. The van der Waals surface area contributed by atoms with Crippen LogP contribution < -0.4 is 10.5 Å². The molecule has 1 heterocycles. The zero-order valence-electron chi connectivity index (χ0n) is 11.2. The third-order valence-electron chi connectivity index (χ3n) is 4.35. The van der Waals surface area contributed by atoms with Crippen LogP contribution >= 0.6 is 0 Å². The Bertz CT molecular complexity index is 377. The van der Waals surface area contributed by atoms with Crippen LogP contribution in [0.5, 0.6) is 0 Å². The van der Waals surface area contributed by atoms with E-state index >= 15 is 0 Å². The molecule has 2 rings (SSSR count). The van der Waals surface area contributed by atoms with Gasteiger partial charge in [-0.15, -0.1) is 0 Å². The normalized spacial score (nSPS) is 29.6. The van der Waals surface area contributed by atoms with E-state index < -0.39 is 15.7 Å². The molecule has 1 unspecified atom stereocenters. The minimum absolute atomic E-state index is 0.104. The minimum atomic E-state index is -3.38. The third kappa shape index (κ3) is 2.87. The summed E-state index contributed by atoms with van der Waals surface area (Å²) in [6.07, 6.45) is 6.90. The van der Waals surface area contributed by atoms with Crippen molar-refractivity contribution in [3.63, 3.8) is 0 Å². The van der Waals surface area contributed by atoms with Gasteiger partial charge in [-0.25, -0.2) is 0 Å². The smallest absolute Gasteiger partial charge is 0.280 e. The SMILES string of the molecule is CC1CCCCN1S(=O)(=O)NC1(CN)CCCC1. The zero-order chi connectivity index (χ0) is 13.2. The van der Waals surface area contributed by atoms with Gasteiger partial charge in [0.1, 0.15) is 0 Å². The molecular weight excluding hydrogens is 250 g/mol. The van der Waals surface area contributed by atoms with Gasteiger partial charge in [-0.2, -0.15) is 17.4 Å². The van der Waals surface area contributed by atoms with Crippen LogP contribution in [0.2, 0.25) is 0 Å². The number of hydrogen-bond donors (Lipinski definition) is 2. The number of nitrogens with one attached hydrogen (secondary N) is 1. The molecule has 2 aliphatic rings. The second kappa shape index (κ2) is 5.45. The molecule has 0 radical (unpaired) electrons. The summed E-state index contributed by atoms with van der Waals surface area (Å²) in [5.74, 6) is 0. The van der Waals surface area contributed by atoms with Gasteiger partial charge in [-0.3, -0.25) is 0 Å². The first-order chi connectivity index (χ1) is 8.49. The van der Waals surface area contributed by atoms with Crippen molar-refractivity contribution >= 4 is 10.2 Å². The highest BCUT2D eigenvalue weighted by molar-refractivity contribution is 7.87. The molecule has 0 bridgehead atoms. The molecule has 5 nitrogen and oxygen atoms in total. The number of nitrogens with two attached hydrogens (primary N) is 1. The molecule has 1 saturated carbocycles. The fourth-order valence-corrected chi connectivity index (χ4v) is 5.06. The van der Waals surface area contributed by atoms with Crippen molar-refractivity contribution in [1.29, 1.82) is 0 Å². The van der Waals surface area contributed by atoms with E-state index in [0.29, 0.717) is 13.1 Å². The Morgan fingerprint density at radius 1 is 1.28 bits per heavy atom. The number of nitrogens with zero attached hydrogens (tertiary/aromatic N) is 1. The summed E-state index contributed by atoms with van der Waals surface area (Å²) in [5.41, 5.74) is 5.40. The highest BCUT2D eigenvalue weighted by Crippen LogP contribution is 2.30. The van der Waals surface area contributed by atoms with Crippen molar-refractivity contribution in [2.45, 2.75) is 63.5 Å². The fraction of sp³-hybridized carbons (Fsp3) is 1.00. The quantitative estimate of drug-likeness (QED) is 0.802. The maximum absolute atomic E-state index is 12.5. The lowest BCUT2D eigenvalue weighted by Crippen LogP contribution is -2.58. The van der Waals surface area contributed by atoms with Gasteiger partial charge in [0, 0.05) is 24.7 Å². The van der Waals surface area contributed by atoms with Crippen LogP contribution in [0.1, 0.15) is 51.9 Å². The molecule has 3 N–H and O–H groups in total. The zero-order valence-corrected chi connectivity index (χ0v) is 12.0. The van der Waals surface area contributed by atoms with Gasteiger partial charge in [0.25, 0.3) is 10.2 Å². The molecule has 0 aromatic carbocycles. The monoisotopic (exact) mass is 275 g/mol. The van der Waals surface area contributed by atoms with E-state index in [1.165, 1.54) is 0 Å². The Hall–Kier alpha value is -0.170. The Morgan fingerprint density at radius 3 is 2.50 bits per heavy atom. The molecular formula is C12H25N3O2S. The molecule has 0 aromatic heterocycles. The average Bonchev–Trinajstić information content (AvgIpc) is 2.78. The Labute approximate surface area is 110 Å². The number of rotatable bonds is 4. The lowest BCUT2D eigenvalue weighted by atomic mass is 10.0. The van der Waals surface area contributed by atoms with Crippen LogP contribution in [0.25, 0.3) is 0 Å². The molecule has 1 aliphatic carbocycles. The standard InChI is InChI=1S/C12H25N3O2S/c1-11-6-2-5-9-15(11)18(16,17)14-12(10-13)7-3-4-8-12/h11,14H,2-10,13H2,1H3. The molecule has 1 atom stereocenters. The largest absolute Gasteiger partial charge is 0.329 e. The van der Waals surface area contributed by atoms with Gasteiger partial charge in [0.2, 0.25) is 0 Å². The van der Waals surface area contributed by atoms with E-state index in [9.17, 15) is 8.42 Å². The van der Waals surface area contributed by atoms with E-state index in [4.69, 9.17) is 5.73 Å². The summed E-state index contributed by atoms with van der Waals surface area (Å²) in [5, 5.41) is 0. The fourth-order valence-electron chi connectivity index (χ4n) is 3.16. The van der Waals surface area contributed by atoms with Crippen molar-refractivity contribution in [3.05, 3.63) is 0 Å². The number of piperidine rings is 1. The molecule has 0 aromatic rings. The highest BCUT2D eigenvalue weighted by atomic mass is 32.2. The first-order valence-corrected chi connectivity index (χ1v) is 8.44. The van der Waals surface area contributed by atoms with Gasteiger partial charge in [0.05, 0.1) is 0 Å². The maximum atomic E-state index is 12.5. The summed E-state index contributed by atoms with van der Waals surface area (Å²) < 4.78 is 29.5. The average molecular weight is 275 g/mol. The minimum Gasteiger partial charge on any atom is -0.329 e. The van der Waals surface area contributed by atoms with Gasteiger partial charge < -0.3 is 5.73 Å². The molecule has 2 fully saturated rings. The van der Waals surface area contributed by atoms with Crippen LogP contribution in [0.3, 0.4) is 0 Å². The van der Waals surface area contributed by atoms with Gasteiger partial charge in [-0.1, -0.05) is 19.3 Å². The first kappa shape index (κ1) is 14.2. The summed E-state index contributed by atoms with van der Waals surface area (Å²) >= 11 is 0. The first-order valence-electron chi connectivity index (χ1n) is 7.00. The van der Waals surface area contributed by atoms with Crippen LogP contribution in [0, 0.1) is 0 Å². The van der Waals surface area contributed by atoms with Crippen LogP contribution in [-0.2, 0) is 10.2 Å². The van der Waals surface area contributed by atoms with Crippen molar-refractivity contribution in [2.75, 3.05) is 13.1 Å². The molecule has 6 heteroatoms.